The summed E-state index contributed by atoms with van der Waals surface area (Å²) in [5, 5.41) is 8.82. The summed E-state index contributed by atoms with van der Waals surface area (Å²) in [5.41, 5.74) is 2.15. The summed E-state index contributed by atoms with van der Waals surface area (Å²) in [6.45, 7) is 7.79. The van der Waals surface area contributed by atoms with Gasteiger partial charge in [-0.15, -0.1) is 0 Å². The second kappa shape index (κ2) is 7.22. The van der Waals surface area contributed by atoms with Crippen LogP contribution in [0.4, 0.5) is 0 Å². The maximum atomic E-state index is 12.1. The first-order chi connectivity index (χ1) is 9.38. The number of unbranched alkanes of at least 4 members (excludes halogenated alkanes) is 1. The first kappa shape index (κ1) is 16.4. The van der Waals surface area contributed by atoms with Crippen LogP contribution in [0.25, 0.3) is 0 Å². The van der Waals surface area contributed by atoms with E-state index >= 15 is 0 Å². The third-order valence-corrected chi connectivity index (χ3v) is 3.71. The summed E-state index contributed by atoms with van der Waals surface area (Å²) in [4.78, 5) is 26.9. The molecule has 0 amide bonds. The Bertz CT molecular complexity index is 535. The molecule has 1 aromatic rings. The monoisotopic (exact) mass is 280 g/mol. The Morgan fingerprint density at radius 2 is 2.05 bits per heavy atom. The highest BCUT2D eigenvalue weighted by molar-refractivity contribution is 5.67. The fourth-order valence-corrected chi connectivity index (χ4v) is 2.56. The maximum absolute atomic E-state index is 12.1. The first-order valence-electron chi connectivity index (χ1n) is 7.18. The molecule has 20 heavy (non-hydrogen) atoms. The van der Waals surface area contributed by atoms with Crippen LogP contribution in [0.2, 0.25) is 0 Å². The highest BCUT2D eigenvalue weighted by atomic mass is 16.4. The minimum atomic E-state index is -0.833. The SMILES string of the molecule is CCCCC(C)n1c(C)c(CCC(=O)O)c(C)nc1=O. The van der Waals surface area contributed by atoms with E-state index in [0.717, 1.165) is 30.5 Å². The summed E-state index contributed by atoms with van der Waals surface area (Å²) in [5.74, 6) is -0.833. The Balaban J connectivity index is 3.14. The Kier molecular flexibility index (Phi) is 5.92. The lowest BCUT2D eigenvalue weighted by atomic mass is 10.0. The number of nitrogens with zero attached hydrogens (tertiary/aromatic N) is 2. The molecule has 112 valence electrons. The van der Waals surface area contributed by atoms with Crippen LogP contribution < -0.4 is 5.69 Å². The minimum absolute atomic E-state index is 0.0604. The van der Waals surface area contributed by atoms with Gasteiger partial charge in [-0.1, -0.05) is 19.8 Å². The van der Waals surface area contributed by atoms with Crippen molar-refractivity contribution < 1.29 is 9.90 Å². The molecule has 0 aliphatic rings. The predicted molar refractivity (Wildman–Crippen MR) is 78.2 cm³/mol. The molecule has 0 bridgehead atoms. The van der Waals surface area contributed by atoms with Gasteiger partial charge < -0.3 is 5.11 Å². The van der Waals surface area contributed by atoms with Crippen molar-refractivity contribution >= 4 is 5.97 Å². The number of rotatable bonds is 7. The number of aromatic nitrogens is 2. The van der Waals surface area contributed by atoms with Gasteiger partial charge in [0.15, 0.2) is 0 Å². The molecule has 1 aromatic heterocycles. The predicted octanol–water partition coefficient (Wildman–Crippen LogP) is 2.63. The Morgan fingerprint density at radius 1 is 1.40 bits per heavy atom. The molecule has 0 aromatic carbocycles. The number of hydrogen-bond donors (Lipinski definition) is 1. The van der Waals surface area contributed by atoms with Gasteiger partial charge in [-0.2, -0.15) is 4.98 Å². The molecule has 0 spiro atoms. The van der Waals surface area contributed by atoms with E-state index in [9.17, 15) is 9.59 Å². The largest absolute Gasteiger partial charge is 0.481 e. The highest BCUT2D eigenvalue weighted by Crippen LogP contribution is 2.19. The number of aryl methyl sites for hydroxylation is 1. The van der Waals surface area contributed by atoms with Gasteiger partial charge >= 0.3 is 11.7 Å². The van der Waals surface area contributed by atoms with E-state index in [0.29, 0.717) is 12.1 Å². The molecule has 5 nitrogen and oxygen atoms in total. The van der Waals surface area contributed by atoms with Crippen LogP contribution in [0, 0.1) is 13.8 Å². The molecule has 0 aliphatic carbocycles. The summed E-state index contributed by atoms with van der Waals surface area (Å²) < 4.78 is 1.71. The van der Waals surface area contributed by atoms with Crippen molar-refractivity contribution in [2.45, 2.75) is 65.8 Å². The second-order valence-electron chi connectivity index (χ2n) is 5.30. The van der Waals surface area contributed by atoms with E-state index in [1.165, 1.54) is 0 Å². The van der Waals surface area contributed by atoms with Crippen molar-refractivity contribution in [1.29, 1.82) is 0 Å². The van der Waals surface area contributed by atoms with Gasteiger partial charge in [0.05, 0.1) is 0 Å². The van der Waals surface area contributed by atoms with Crippen molar-refractivity contribution in [3.8, 4) is 0 Å². The zero-order valence-corrected chi connectivity index (χ0v) is 12.8. The average molecular weight is 280 g/mol. The summed E-state index contributed by atoms with van der Waals surface area (Å²) >= 11 is 0. The van der Waals surface area contributed by atoms with Crippen molar-refractivity contribution in [3.05, 3.63) is 27.4 Å². The third kappa shape index (κ3) is 3.92. The van der Waals surface area contributed by atoms with Gasteiger partial charge in [-0.05, 0) is 39.2 Å². The van der Waals surface area contributed by atoms with E-state index in [1.807, 2.05) is 13.8 Å². The average Bonchev–Trinajstić information content (AvgIpc) is 2.35. The van der Waals surface area contributed by atoms with Crippen molar-refractivity contribution in [3.63, 3.8) is 0 Å². The summed E-state index contributed by atoms with van der Waals surface area (Å²) in [6, 6.07) is 0.0964. The maximum Gasteiger partial charge on any atom is 0.348 e. The van der Waals surface area contributed by atoms with Gasteiger partial charge in [-0.3, -0.25) is 9.36 Å². The lowest BCUT2D eigenvalue weighted by Crippen LogP contribution is -2.30. The minimum Gasteiger partial charge on any atom is -0.481 e. The van der Waals surface area contributed by atoms with Crippen LogP contribution in [0.3, 0.4) is 0 Å². The molecule has 1 atom stereocenters. The second-order valence-corrected chi connectivity index (χ2v) is 5.30. The number of hydrogen-bond acceptors (Lipinski definition) is 3. The van der Waals surface area contributed by atoms with Gasteiger partial charge in [0.25, 0.3) is 0 Å². The molecule has 1 heterocycles. The Morgan fingerprint density at radius 3 is 2.60 bits per heavy atom. The van der Waals surface area contributed by atoms with Crippen LogP contribution in [0.5, 0.6) is 0 Å². The zero-order chi connectivity index (χ0) is 15.3. The Hall–Kier alpha value is -1.65. The number of carbonyl (C=O) groups is 1. The highest BCUT2D eigenvalue weighted by Gasteiger charge is 2.16. The molecular formula is C15H24N2O3. The molecule has 0 saturated heterocycles. The zero-order valence-electron chi connectivity index (χ0n) is 12.8. The molecule has 1 unspecified atom stereocenters. The quantitative estimate of drug-likeness (QED) is 0.833. The van der Waals surface area contributed by atoms with Crippen LogP contribution in [0.15, 0.2) is 4.79 Å². The Labute approximate surface area is 119 Å². The first-order valence-corrected chi connectivity index (χ1v) is 7.18. The molecular weight excluding hydrogens is 256 g/mol. The lowest BCUT2D eigenvalue weighted by Gasteiger charge is -2.20. The normalized spacial score (nSPS) is 12.4. The lowest BCUT2D eigenvalue weighted by molar-refractivity contribution is -0.136. The van der Waals surface area contributed by atoms with Crippen LogP contribution in [-0.4, -0.2) is 20.6 Å². The van der Waals surface area contributed by atoms with E-state index in [-0.39, 0.29) is 18.2 Å². The molecule has 0 radical (unpaired) electrons. The van der Waals surface area contributed by atoms with Gasteiger partial charge in [0.1, 0.15) is 0 Å². The number of carboxylic acids is 1. The third-order valence-electron chi connectivity index (χ3n) is 3.71. The molecule has 0 fully saturated rings. The molecule has 0 aliphatic heterocycles. The van der Waals surface area contributed by atoms with E-state index < -0.39 is 5.97 Å². The smallest absolute Gasteiger partial charge is 0.348 e. The summed E-state index contributed by atoms with van der Waals surface area (Å²) in [7, 11) is 0. The number of carboxylic acid groups (broad SMARTS) is 1. The fourth-order valence-electron chi connectivity index (χ4n) is 2.56. The van der Waals surface area contributed by atoms with Crippen LogP contribution >= 0.6 is 0 Å². The van der Waals surface area contributed by atoms with Crippen molar-refractivity contribution in [2.24, 2.45) is 0 Å². The van der Waals surface area contributed by atoms with E-state index in [2.05, 4.69) is 11.9 Å². The van der Waals surface area contributed by atoms with Gasteiger partial charge in [0, 0.05) is 23.9 Å². The molecule has 0 saturated carbocycles. The van der Waals surface area contributed by atoms with E-state index in [1.54, 1.807) is 11.5 Å². The van der Waals surface area contributed by atoms with Crippen LogP contribution in [-0.2, 0) is 11.2 Å². The topological polar surface area (TPSA) is 72.2 Å². The standard InChI is InChI=1S/C15H24N2O3/c1-5-6-7-10(2)17-12(4)13(8-9-14(18)19)11(3)16-15(17)20/h10H,5-9H2,1-4H3,(H,18,19). The summed E-state index contributed by atoms with van der Waals surface area (Å²) in [6.07, 6.45) is 3.56. The molecule has 1 N–H and O–H groups in total. The van der Waals surface area contributed by atoms with Gasteiger partial charge in [0.2, 0.25) is 0 Å². The molecule has 5 heteroatoms. The molecule has 1 rings (SSSR count). The fraction of sp³-hybridized carbons (Fsp3) is 0.667. The number of aliphatic carboxylic acids is 1. The van der Waals surface area contributed by atoms with E-state index in [4.69, 9.17) is 5.11 Å². The van der Waals surface area contributed by atoms with Crippen molar-refractivity contribution in [2.75, 3.05) is 0 Å². The van der Waals surface area contributed by atoms with Gasteiger partial charge in [-0.25, -0.2) is 4.79 Å². The van der Waals surface area contributed by atoms with Crippen molar-refractivity contribution in [1.82, 2.24) is 9.55 Å². The van der Waals surface area contributed by atoms with Crippen LogP contribution in [0.1, 0.15) is 62.5 Å².